The summed E-state index contributed by atoms with van der Waals surface area (Å²) in [6.07, 6.45) is 2.65. The van der Waals surface area contributed by atoms with Crippen molar-refractivity contribution in [2.75, 3.05) is 13.7 Å². The summed E-state index contributed by atoms with van der Waals surface area (Å²) in [5, 5.41) is 12.5. The lowest BCUT2D eigenvalue weighted by Gasteiger charge is -2.26. The molecule has 2 unspecified atom stereocenters. The predicted molar refractivity (Wildman–Crippen MR) is 63.5 cm³/mol. The van der Waals surface area contributed by atoms with E-state index in [2.05, 4.69) is 5.32 Å². The molecule has 0 aromatic heterocycles. The number of aliphatic hydroxyl groups is 1. The molecule has 1 aromatic carbocycles. The number of ether oxygens (including phenoxy) is 1. The Balaban J connectivity index is 1.95. The number of halogens is 1. The zero-order valence-electron chi connectivity index (χ0n) is 9.95. The summed E-state index contributed by atoms with van der Waals surface area (Å²) in [5.41, 5.74) is -0.218. The van der Waals surface area contributed by atoms with E-state index >= 15 is 0 Å². The van der Waals surface area contributed by atoms with Crippen LogP contribution in [-0.2, 0) is 0 Å². The van der Waals surface area contributed by atoms with Crippen molar-refractivity contribution in [3.05, 3.63) is 30.1 Å². The molecule has 2 rings (SSSR count). The maximum Gasteiger partial charge on any atom is 0.123 e. The molecule has 0 amide bonds. The molecule has 3 nitrogen and oxygen atoms in total. The van der Waals surface area contributed by atoms with Crippen molar-refractivity contribution in [3.8, 4) is 5.75 Å². The first-order valence-electron chi connectivity index (χ1n) is 5.89. The van der Waals surface area contributed by atoms with Gasteiger partial charge in [0.05, 0.1) is 6.61 Å². The third-order valence-electron chi connectivity index (χ3n) is 3.51. The van der Waals surface area contributed by atoms with Crippen LogP contribution in [0.15, 0.2) is 24.3 Å². The van der Waals surface area contributed by atoms with Gasteiger partial charge in [0.2, 0.25) is 0 Å². The number of hydrogen-bond acceptors (Lipinski definition) is 3. The highest BCUT2D eigenvalue weighted by Gasteiger charge is 2.38. The van der Waals surface area contributed by atoms with Crippen molar-refractivity contribution in [1.29, 1.82) is 0 Å². The SMILES string of the molecule is CNC1(CO)CCC(Oc2ccc(F)cc2)C1. The monoisotopic (exact) mass is 239 g/mol. The number of nitrogens with one attached hydrogen (secondary N) is 1. The van der Waals surface area contributed by atoms with Gasteiger partial charge in [0, 0.05) is 12.0 Å². The third kappa shape index (κ3) is 2.76. The zero-order chi connectivity index (χ0) is 12.3. The van der Waals surface area contributed by atoms with Crippen LogP contribution in [0.2, 0.25) is 0 Å². The quantitative estimate of drug-likeness (QED) is 0.840. The van der Waals surface area contributed by atoms with Gasteiger partial charge in [-0.3, -0.25) is 0 Å². The van der Waals surface area contributed by atoms with E-state index in [-0.39, 0.29) is 24.1 Å². The van der Waals surface area contributed by atoms with Crippen molar-refractivity contribution in [2.24, 2.45) is 0 Å². The highest BCUT2D eigenvalue weighted by atomic mass is 19.1. The van der Waals surface area contributed by atoms with E-state index in [1.165, 1.54) is 12.1 Å². The van der Waals surface area contributed by atoms with Crippen LogP contribution in [0.4, 0.5) is 4.39 Å². The fraction of sp³-hybridized carbons (Fsp3) is 0.538. The topological polar surface area (TPSA) is 41.5 Å². The number of aliphatic hydroxyl groups excluding tert-OH is 1. The molecule has 0 bridgehead atoms. The van der Waals surface area contributed by atoms with Crippen LogP contribution < -0.4 is 10.1 Å². The van der Waals surface area contributed by atoms with Gasteiger partial charge in [-0.2, -0.15) is 0 Å². The molecule has 0 heterocycles. The smallest absolute Gasteiger partial charge is 0.123 e. The lowest BCUT2D eigenvalue weighted by atomic mass is 9.99. The second kappa shape index (κ2) is 5.02. The minimum atomic E-state index is -0.260. The van der Waals surface area contributed by atoms with Crippen LogP contribution >= 0.6 is 0 Å². The average molecular weight is 239 g/mol. The Morgan fingerprint density at radius 3 is 2.71 bits per heavy atom. The fourth-order valence-electron chi connectivity index (χ4n) is 2.33. The van der Waals surface area contributed by atoms with Gasteiger partial charge in [-0.25, -0.2) is 4.39 Å². The highest BCUT2D eigenvalue weighted by Crippen LogP contribution is 2.32. The number of hydrogen-bond donors (Lipinski definition) is 2. The van der Waals surface area contributed by atoms with Gasteiger partial charge in [0.25, 0.3) is 0 Å². The maximum atomic E-state index is 12.7. The molecule has 2 atom stereocenters. The van der Waals surface area contributed by atoms with Crippen LogP contribution in [0.1, 0.15) is 19.3 Å². The predicted octanol–water partition coefficient (Wildman–Crippen LogP) is 1.71. The van der Waals surface area contributed by atoms with Crippen molar-refractivity contribution < 1.29 is 14.2 Å². The molecule has 1 fully saturated rings. The van der Waals surface area contributed by atoms with E-state index in [4.69, 9.17) is 4.74 Å². The van der Waals surface area contributed by atoms with E-state index in [0.29, 0.717) is 5.75 Å². The van der Waals surface area contributed by atoms with Gasteiger partial charge in [0.15, 0.2) is 0 Å². The van der Waals surface area contributed by atoms with Crippen LogP contribution in [0, 0.1) is 5.82 Å². The standard InChI is InChI=1S/C13H18FNO2/c1-15-13(9-16)7-6-12(8-13)17-11-4-2-10(14)3-5-11/h2-5,12,15-16H,6-9H2,1H3. The van der Waals surface area contributed by atoms with E-state index in [0.717, 1.165) is 19.3 Å². The summed E-state index contributed by atoms with van der Waals surface area (Å²) in [7, 11) is 1.86. The van der Waals surface area contributed by atoms with Crippen molar-refractivity contribution in [2.45, 2.75) is 30.9 Å². The Morgan fingerprint density at radius 2 is 2.18 bits per heavy atom. The third-order valence-corrected chi connectivity index (χ3v) is 3.51. The van der Waals surface area contributed by atoms with Gasteiger partial charge in [0.1, 0.15) is 17.7 Å². The molecule has 1 aliphatic rings. The van der Waals surface area contributed by atoms with Gasteiger partial charge < -0.3 is 15.2 Å². The van der Waals surface area contributed by atoms with E-state index in [1.807, 2.05) is 7.05 Å². The summed E-state index contributed by atoms with van der Waals surface area (Å²) in [6, 6.07) is 6.05. The Kier molecular flexibility index (Phi) is 3.64. The number of benzene rings is 1. The molecular weight excluding hydrogens is 221 g/mol. The summed E-state index contributed by atoms with van der Waals surface area (Å²) < 4.78 is 18.5. The molecule has 94 valence electrons. The lowest BCUT2D eigenvalue weighted by molar-refractivity contribution is 0.146. The summed E-state index contributed by atoms with van der Waals surface area (Å²) in [4.78, 5) is 0. The first-order chi connectivity index (χ1) is 8.17. The van der Waals surface area contributed by atoms with E-state index in [9.17, 15) is 9.50 Å². The zero-order valence-corrected chi connectivity index (χ0v) is 9.95. The van der Waals surface area contributed by atoms with E-state index in [1.54, 1.807) is 12.1 Å². The minimum Gasteiger partial charge on any atom is -0.490 e. The van der Waals surface area contributed by atoms with Gasteiger partial charge >= 0.3 is 0 Å². The van der Waals surface area contributed by atoms with Crippen molar-refractivity contribution in [3.63, 3.8) is 0 Å². The van der Waals surface area contributed by atoms with Crippen LogP contribution in [0.3, 0.4) is 0 Å². The average Bonchev–Trinajstić information content (AvgIpc) is 2.76. The number of likely N-dealkylation sites (N-methyl/N-ethyl adjacent to an activating group) is 1. The lowest BCUT2D eigenvalue weighted by Crippen LogP contribution is -2.44. The van der Waals surface area contributed by atoms with Gasteiger partial charge in [-0.1, -0.05) is 0 Å². The van der Waals surface area contributed by atoms with Crippen molar-refractivity contribution in [1.82, 2.24) is 5.32 Å². The second-order valence-corrected chi connectivity index (χ2v) is 4.63. The Bertz CT molecular complexity index is 362. The maximum absolute atomic E-state index is 12.7. The highest BCUT2D eigenvalue weighted by molar-refractivity contribution is 5.22. The number of rotatable bonds is 4. The first-order valence-corrected chi connectivity index (χ1v) is 5.89. The van der Waals surface area contributed by atoms with Crippen LogP contribution in [0.5, 0.6) is 5.75 Å². The molecule has 2 N–H and O–H groups in total. The molecule has 1 saturated carbocycles. The normalized spacial score (nSPS) is 28.3. The molecule has 17 heavy (non-hydrogen) atoms. The van der Waals surface area contributed by atoms with Crippen LogP contribution in [-0.4, -0.2) is 30.4 Å². The first kappa shape index (κ1) is 12.3. The Labute approximate surface area is 101 Å². The molecular formula is C13H18FNO2. The molecule has 0 saturated heterocycles. The molecule has 0 radical (unpaired) electrons. The molecule has 1 aliphatic carbocycles. The second-order valence-electron chi connectivity index (χ2n) is 4.63. The minimum absolute atomic E-state index is 0.0834. The van der Waals surface area contributed by atoms with Gasteiger partial charge in [-0.05, 0) is 44.2 Å². The van der Waals surface area contributed by atoms with Gasteiger partial charge in [-0.15, -0.1) is 0 Å². The molecule has 1 aromatic rings. The van der Waals surface area contributed by atoms with Crippen LogP contribution in [0.25, 0.3) is 0 Å². The largest absolute Gasteiger partial charge is 0.490 e. The summed E-state index contributed by atoms with van der Waals surface area (Å²) >= 11 is 0. The van der Waals surface area contributed by atoms with E-state index < -0.39 is 0 Å². The molecule has 0 aliphatic heterocycles. The molecule has 4 heteroatoms. The van der Waals surface area contributed by atoms with Crippen molar-refractivity contribution >= 4 is 0 Å². The Hall–Kier alpha value is -1.13. The molecule has 0 spiro atoms. The fourth-order valence-corrected chi connectivity index (χ4v) is 2.33. The Morgan fingerprint density at radius 1 is 1.47 bits per heavy atom. The summed E-state index contributed by atoms with van der Waals surface area (Å²) in [6.45, 7) is 0.118. The summed E-state index contributed by atoms with van der Waals surface area (Å²) in [5.74, 6) is 0.421.